The Kier molecular flexibility index (Phi) is 5.49. The predicted octanol–water partition coefficient (Wildman–Crippen LogP) is -0.666. The number of nitrogens with one attached hydrogen (secondary N) is 1. The topological polar surface area (TPSA) is 118 Å². The highest BCUT2D eigenvalue weighted by molar-refractivity contribution is 8.93. The molecular formula is C11H18BrN5O2. The van der Waals surface area contributed by atoms with Gasteiger partial charge in [-0.2, -0.15) is 0 Å². The molecule has 2 atom stereocenters. The minimum Gasteiger partial charge on any atom is -0.368 e. The summed E-state index contributed by atoms with van der Waals surface area (Å²) in [5.74, 6) is -0.694. The second-order valence-corrected chi connectivity index (χ2v) is 4.48. The third-order valence-corrected chi connectivity index (χ3v) is 3.18. The number of imidazole rings is 1. The van der Waals surface area contributed by atoms with Gasteiger partial charge >= 0.3 is 0 Å². The summed E-state index contributed by atoms with van der Waals surface area (Å²) >= 11 is 0. The lowest BCUT2D eigenvalue weighted by Crippen LogP contribution is -2.50. The average molecular weight is 332 g/mol. The van der Waals surface area contributed by atoms with Crippen LogP contribution >= 0.6 is 17.0 Å². The Morgan fingerprint density at radius 3 is 2.89 bits per heavy atom. The zero-order valence-corrected chi connectivity index (χ0v) is 12.1. The minimum absolute atomic E-state index is 0. The van der Waals surface area contributed by atoms with Gasteiger partial charge in [-0.1, -0.05) is 0 Å². The number of rotatable bonds is 4. The molecule has 8 heteroatoms. The summed E-state index contributed by atoms with van der Waals surface area (Å²) < 4.78 is 0. The molecule has 106 valence electrons. The number of carbonyl (C=O) groups excluding carboxylic acids is 2. The van der Waals surface area contributed by atoms with Crippen LogP contribution in [0.2, 0.25) is 0 Å². The molecule has 0 unspecified atom stereocenters. The highest BCUT2D eigenvalue weighted by Gasteiger charge is 2.34. The van der Waals surface area contributed by atoms with E-state index in [2.05, 4.69) is 9.97 Å². The monoisotopic (exact) mass is 331 g/mol. The highest BCUT2D eigenvalue weighted by atomic mass is 79.9. The molecule has 1 saturated heterocycles. The molecule has 1 aromatic rings. The van der Waals surface area contributed by atoms with Crippen LogP contribution in [0.15, 0.2) is 12.5 Å². The van der Waals surface area contributed by atoms with E-state index in [4.69, 9.17) is 11.5 Å². The van der Waals surface area contributed by atoms with Crippen molar-refractivity contribution in [1.82, 2.24) is 14.9 Å². The molecule has 2 rings (SSSR count). The summed E-state index contributed by atoms with van der Waals surface area (Å²) in [6.45, 7) is 0.545. The van der Waals surface area contributed by atoms with Crippen LogP contribution in [0, 0.1) is 0 Å². The molecule has 2 heterocycles. The summed E-state index contributed by atoms with van der Waals surface area (Å²) in [5, 5.41) is 0. The SMILES string of the molecule is Br.NC(=O)[C@@H]1CCCN1C(=O)[C@@H](N)Cc1cnc[nH]1. The number of hydrogen-bond donors (Lipinski definition) is 3. The van der Waals surface area contributed by atoms with Crippen LogP contribution in [0.4, 0.5) is 0 Å². The Balaban J connectivity index is 0.00000180. The van der Waals surface area contributed by atoms with Crippen molar-refractivity contribution in [3.05, 3.63) is 18.2 Å². The van der Waals surface area contributed by atoms with Gasteiger partial charge in [0.1, 0.15) is 6.04 Å². The fourth-order valence-electron chi connectivity index (χ4n) is 2.26. The van der Waals surface area contributed by atoms with Crippen molar-refractivity contribution in [1.29, 1.82) is 0 Å². The number of amides is 2. The lowest BCUT2D eigenvalue weighted by atomic mass is 10.1. The first-order valence-electron chi connectivity index (χ1n) is 5.92. The maximum absolute atomic E-state index is 12.1. The van der Waals surface area contributed by atoms with Crippen molar-refractivity contribution < 1.29 is 9.59 Å². The summed E-state index contributed by atoms with van der Waals surface area (Å²) in [6.07, 6.45) is 4.95. The van der Waals surface area contributed by atoms with Crippen LogP contribution in [-0.4, -0.2) is 45.3 Å². The molecule has 2 amide bonds. The number of aromatic nitrogens is 2. The number of nitrogens with zero attached hydrogens (tertiary/aromatic N) is 2. The zero-order chi connectivity index (χ0) is 13.1. The van der Waals surface area contributed by atoms with Gasteiger partial charge in [0.15, 0.2) is 0 Å². The van der Waals surface area contributed by atoms with Crippen molar-refractivity contribution in [3.8, 4) is 0 Å². The molecule has 1 aromatic heterocycles. The molecule has 5 N–H and O–H groups in total. The number of H-pyrrole nitrogens is 1. The van der Waals surface area contributed by atoms with Crippen LogP contribution in [0.3, 0.4) is 0 Å². The molecule has 0 aliphatic carbocycles. The van der Waals surface area contributed by atoms with E-state index in [1.165, 1.54) is 11.2 Å². The van der Waals surface area contributed by atoms with Crippen LogP contribution in [0.1, 0.15) is 18.5 Å². The molecule has 1 fully saturated rings. The Hall–Kier alpha value is -1.41. The van der Waals surface area contributed by atoms with E-state index in [0.29, 0.717) is 19.4 Å². The van der Waals surface area contributed by atoms with Gasteiger partial charge in [0.25, 0.3) is 0 Å². The summed E-state index contributed by atoms with van der Waals surface area (Å²) in [7, 11) is 0. The fraction of sp³-hybridized carbons (Fsp3) is 0.545. The molecule has 1 aliphatic rings. The highest BCUT2D eigenvalue weighted by Crippen LogP contribution is 2.18. The number of carbonyl (C=O) groups is 2. The molecular weight excluding hydrogens is 314 g/mol. The van der Waals surface area contributed by atoms with Gasteiger partial charge < -0.3 is 21.4 Å². The first-order valence-corrected chi connectivity index (χ1v) is 5.92. The van der Waals surface area contributed by atoms with E-state index in [-0.39, 0.29) is 22.9 Å². The van der Waals surface area contributed by atoms with Crippen LogP contribution in [-0.2, 0) is 16.0 Å². The number of primary amides is 1. The molecule has 0 bridgehead atoms. The van der Waals surface area contributed by atoms with Gasteiger partial charge in [-0.25, -0.2) is 4.98 Å². The van der Waals surface area contributed by atoms with Gasteiger partial charge in [-0.15, -0.1) is 17.0 Å². The summed E-state index contributed by atoms with van der Waals surface area (Å²) in [5.41, 5.74) is 11.9. The zero-order valence-electron chi connectivity index (χ0n) is 10.4. The minimum atomic E-state index is -0.676. The van der Waals surface area contributed by atoms with E-state index in [0.717, 1.165) is 12.1 Å². The molecule has 0 radical (unpaired) electrons. The van der Waals surface area contributed by atoms with Crippen molar-refractivity contribution in [2.24, 2.45) is 11.5 Å². The maximum atomic E-state index is 12.1. The number of halogens is 1. The smallest absolute Gasteiger partial charge is 0.240 e. The van der Waals surface area contributed by atoms with Crippen molar-refractivity contribution in [3.63, 3.8) is 0 Å². The summed E-state index contributed by atoms with van der Waals surface area (Å²) in [4.78, 5) is 31.6. The van der Waals surface area contributed by atoms with Crippen molar-refractivity contribution in [2.45, 2.75) is 31.3 Å². The van der Waals surface area contributed by atoms with Crippen molar-refractivity contribution in [2.75, 3.05) is 6.54 Å². The first-order chi connectivity index (χ1) is 8.59. The first kappa shape index (κ1) is 15.6. The Morgan fingerprint density at radius 2 is 2.32 bits per heavy atom. The van der Waals surface area contributed by atoms with Crippen LogP contribution in [0.5, 0.6) is 0 Å². The fourth-order valence-corrected chi connectivity index (χ4v) is 2.26. The van der Waals surface area contributed by atoms with E-state index >= 15 is 0 Å². The Morgan fingerprint density at radius 1 is 1.58 bits per heavy atom. The molecule has 1 aliphatic heterocycles. The van der Waals surface area contributed by atoms with Gasteiger partial charge in [-0.05, 0) is 12.8 Å². The molecule has 19 heavy (non-hydrogen) atoms. The molecule has 0 spiro atoms. The lowest BCUT2D eigenvalue weighted by Gasteiger charge is -2.25. The van der Waals surface area contributed by atoms with Gasteiger partial charge in [0, 0.05) is 24.9 Å². The van der Waals surface area contributed by atoms with Gasteiger partial charge in [-0.3, -0.25) is 9.59 Å². The quantitative estimate of drug-likeness (QED) is 0.678. The van der Waals surface area contributed by atoms with Gasteiger partial charge in [0.05, 0.1) is 12.4 Å². The largest absolute Gasteiger partial charge is 0.368 e. The van der Waals surface area contributed by atoms with E-state index in [9.17, 15) is 9.59 Å². The second kappa shape index (κ2) is 6.67. The molecule has 0 saturated carbocycles. The van der Waals surface area contributed by atoms with Gasteiger partial charge in [0.2, 0.25) is 11.8 Å². The average Bonchev–Trinajstić information content (AvgIpc) is 2.97. The van der Waals surface area contributed by atoms with E-state index < -0.39 is 18.0 Å². The molecule has 7 nitrogen and oxygen atoms in total. The third-order valence-electron chi connectivity index (χ3n) is 3.18. The standard InChI is InChI=1S/C11H17N5O2.BrH/c12-8(4-7-5-14-6-15-7)11(18)16-3-1-2-9(16)10(13)17;/h5-6,8-9H,1-4,12H2,(H2,13,17)(H,14,15);1H/t8-,9-;/m0./s1. The van der Waals surface area contributed by atoms with E-state index in [1.54, 1.807) is 6.20 Å². The third kappa shape index (κ3) is 3.54. The normalized spacial score (nSPS) is 19.8. The Labute approximate surface area is 121 Å². The number of hydrogen-bond acceptors (Lipinski definition) is 4. The Bertz CT molecular complexity index is 436. The van der Waals surface area contributed by atoms with Crippen LogP contribution < -0.4 is 11.5 Å². The number of likely N-dealkylation sites (tertiary alicyclic amines) is 1. The van der Waals surface area contributed by atoms with E-state index in [1.807, 2.05) is 0 Å². The van der Waals surface area contributed by atoms with Crippen molar-refractivity contribution >= 4 is 28.8 Å². The summed E-state index contributed by atoms with van der Waals surface area (Å²) in [6, 6.07) is -1.18. The predicted molar refractivity (Wildman–Crippen MR) is 74.5 cm³/mol. The lowest BCUT2D eigenvalue weighted by molar-refractivity contribution is -0.138. The molecule has 0 aromatic carbocycles. The van der Waals surface area contributed by atoms with Crippen LogP contribution in [0.25, 0.3) is 0 Å². The second-order valence-electron chi connectivity index (χ2n) is 4.48. The number of aromatic amines is 1. The maximum Gasteiger partial charge on any atom is 0.240 e. The number of nitrogens with two attached hydrogens (primary N) is 2.